The van der Waals surface area contributed by atoms with Crippen molar-refractivity contribution in [3.63, 3.8) is 0 Å². The molecule has 0 aromatic carbocycles. The highest BCUT2D eigenvalue weighted by Crippen LogP contribution is 2.15. The average Bonchev–Trinajstić information content (AvgIpc) is 3.22. The number of carbonyl (C=O) groups is 3. The Morgan fingerprint density at radius 1 is 0.345 bits per heavy atom. The zero-order valence-electron chi connectivity index (χ0n) is 38.6. The van der Waals surface area contributed by atoms with Crippen molar-refractivity contribution in [2.45, 2.75) is 264 Å². The lowest BCUT2D eigenvalue weighted by molar-refractivity contribution is -0.167. The molecule has 0 aliphatic heterocycles. The molecule has 1 atom stereocenters. The number of ether oxygens (including phenoxy) is 3. The summed E-state index contributed by atoms with van der Waals surface area (Å²) < 4.78 is 16.7. The molecule has 0 bridgehead atoms. The zero-order valence-corrected chi connectivity index (χ0v) is 38.6. The second-order valence-electron chi connectivity index (χ2n) is 16.7. The van der Waals surface area contributed by atoms with Crippen LogP contribution in [0.2, 0.25) is 0 Å². The number of unbranched alkanes of at least 4 members (excludes halogenated alkanes) is 28. The Hall–Kier alpha value is -2.37. The van der Waals surface area contributed by atoms with E-state index in [1.165, 1.54) is 135 Å². The van der Waals surface area contributed by atoms with Crippen molar-refractivity contribution >= 4 is 17.9 Å². The largest absolute Gasteiger partial charge is 0.462 e. The first-order chi connectivity index (χ1) is 28.5. The number of esters is 3. The van der Waals surface area contributed by atoms with Crippen molar-refractivity contribution < 1.29 is 28.6 Å². The van der Waals surface area contributed by atoms with E-state index >= 15 is 0 Å². The zero-order chi connectivity index (χ0) is 42.3. The molecule has 0 aromatic heterocycles. The monoisotopic (exact) mass is 815 g/mol. The van der Waals surface area contributed by atoms with Crippen molar-refractivity contribution in [1.29, 1.82) is 0 Å². The maximum absolute atomic E-state index is 12.8. The third-order valence-electron chi connectivity index (χ3n) is 10.9. The van der Waals surface area contributed by atoms with Crippen LogP contribution in [0, 0.1) is 0 Å². The maximum atomic E-state index is 12.8. The van der Waals surface area contributed by atoms with E-state index in [1.54, 1.807) is 0 Å². The molecule has 0 N–H and O–H groups in total. The Morgan fingerprint density at radius 2 is 0.638 bits per heavy atom. The normalized spacial score (nSPS) is 12.3. The average molecular weight is 815 g/mol. The highest BCUT2D eigenvalue weighted by Gasteiger charge is 2.19. The Morgan fingerprint density at radius 3 is 1.05 bits per heavy atom. The van der Waals surface area contributed by atoms with Gasteiger partial charge in [0, 0.05) is 19.3 Å². The Labute approximate surface area is 359 Å². The third-order valence-corrected chi connectivity index (χ3v) is 10.9. The van der Waals surface area contributed by atoms with E-state index in [0.29, 0.717) is 19.3 Å². The summed E-state index contributed by atoms with van der Waals surface area (Å²) >= 11 is 0. The van der Waals surface area contributed by atoms with Gasteiger partial charge in [-0.1, -0.05) is 205 Å². The van der Waals surface area contributed by atoms with Gasteiger partial charge < -0.3 is 14.2 Å². The van der Waals surface area contributed by atoms with E-state index in [1.807, 2.05) is 0 Å². The van der Waals surface area contributed by atoms with Gasteiger partial charge in [-0.25, -0.2) is 0 Å². The van der Waals surface area contributed by atoms with Crippen LogP contribution in [0.1, 0.15) is 258 Å². The van der Waals surface area contributed by atoms with Crippen molar-refractivity contribution in [3.05, 3.63) is 36.5 Å². The standard InChI is InChI=1S/C52H94O6/c1-4-7-10-13-16-19-22-24-26-28-30-33-36-39-42-45-51(54)57-48-49(47-56-50(53)44-41-38-35-32-29-21-18-15-12-9-6-3)58-52(55)46-43-40-37-34-31-27-25-23-20-17-14-11-8-5-2/h15-16,18-19,24,26,49H,4-14,17,20-23,25,27-48H2,1-3H3/b18-15-,19-16-,26-24-. The lowest BCUT2D eigenvalue weighted by atomic mass is 10.0. The van der Waals surface area contributed by atoms with Crippen molar-refractivity contribution in [3.8, 4) is 0 Å². The molecule has 0 saturated heterocycles. The lowest BCUT2D eigenvalue weighted by Gasteiger charge is -2.18. The molecule has 0 aromatic rings. The van der Waals surface area contributed by atoms with Crippen molar-refractivity contribution in [2.75, 3.05) is 13.2 Å². The predicted molar refractivity (Wildman–Crippen MR) is 247 cm³/mol. The summed E-state index contributed by atoms with van der Waals surface area (Å²) in [6.45, 7) is 6.57. The molecule has 0 saturated carbocycles. The molecule has 6 nitrogen and oxygen atoms in total. The third kappa shape index (κ3) is 44.7. The number of rotatable bonds is 45. The van der Waals surface area contributed by atoms with Crippen molar-refractivity contribution in [1.82, 2.24) is 0 Å². The summed E-state index contributed by atoms with van der Waals surface area (Å²) in [5.74, 6) is -0.894. The first-order valence-electron chi connectivity index (χ1n) is 25.0. The molecule has 0 amide bonds. The number of hydrogen-bond acceptors (Lipinski definition) is 6. The van der Waals surface area contributed by atoms with Gasteiger partial charge in [0.05, 0.1) is 0 Å². The minimum absolute atomic E-state index is 0.0787. The van der Waals surface area contributed by atoms with Gasteiger partial charge >= 0.3 is 17.9 Å². The predicted octanol–water partition coefficient (Wildman–Crippen LogP) is 16.1. The molecule has 0 heterocycles. The van der Waals surface area contributed by atoms with Gasteiger partial charge in [-0.3, -0.25) is 14.4 Å². The summed E-state index contributed by atoms with van der Waals surface area (Å²) in [5, 5.41) is 0. The van der Waals surface area contributed by atoms with Gasteiger partial charge in [-0.15, -0.1) is 0 Å². The fraction of sp³-hybridized carbons (Fsp3) is 0.827. The molecule has 58 heavy (non-hydrogen) atoms. The summed E-state index contributed by atoms with van der Waals surface area (Å²) in [6.07, 6.45) is 54.1. The van der Waals surface area contributed by atoms with Gasteiger partial charge in [0.25, 0.3) is 0 Å². The van der Waals surface area contributed by atoms with Crippen LogP contribution >= 0.6 is 0 Å². The molecule has 1 unspecified atom stereocenters. The van der Waals surface area contributed by atoms with Gasteiger partial charge in [-0.05, 0) is 70.6 Å². The van der Waals surface area contributed by atoms with Gasteiger partial charge in [0.15, 0.2) is 6.10 Å². The minimum atomic E-state index is -0.776. The van der Waals surface area contributed by atoms with E-state index in [4.69, 9.17) is 14.2 Å². The molecule has 0 fully saturated rings. The lowest BCUT2D eigenvalue weighted by Crippen LogP contribution is -2.30. The molecule has 6 heteroatoms. The molecule has 0 aliphatic carbocycles. The number of allylic oxidation sites excluding steroid dienone is 6. The number of carbonyl (C=O) groups excluding carboxylic acids is 3. The molecular weight excluding hydrogens is 721 g/mol. The van der Waals surface area contributed by atoms with Gasteiger partial charge in [0.1, 0.15) is 13.2 Å². The van der Waals surface area contributed by atoms with Gasteiger partial charge in [0.2, 0.25) is 0 Å². The van der Waals surface area contributed by atoms with E-state index in [0.717, 1.165) is 83.5 Å². The molecule has 0 rings (SSSR count). The van der Waals surface area contributed by atoms with Crippen LogP contribution in [0.3, 0.4) is 0 Å². The van der Waals surface area contributed by atoms with E-state index in [9.17, 15) is 14.4 Å². The van der Waals surface area contributed by atoms with Gasteiger partial charge in [-0.2, -0.15) is 0 Å². The maximum Gasteiger partial charge on any atom is 0.306 e. The van der Waals surface area contributed by atoms with Crippen LogP contribution < -0.4 is 0 Å². The first kappa shape index (κ1) is 55.6. The second kappa shape index (κ2) is 47.3. The molecule has 0 radical (unpaired) electrons. The van der Waals surface area contributed by atoms with Crippen molar-refractivity contribution in [2.24, 2.45) is 0 Å². The van der Waals surface area contributed by atoms with E-state index in [-0.39, 0.29) is 31.1 Å². The fourth-order valence-electron chi connectivity index (χ4n) is 7.04. The quantitative estimate of drug-likeness (QED) is 0.0264. The van der Waals surface area contributed by atoms with Crippen LogP contribution in [0.5, 0.6) is 0 Å². The van der Waals surface area contributed by atoms with Crippen LogP contribution in [-0.2, 0) is 28.6 Å². The second-order valence-corrected chi connectivity index (χ2v) is 16.7. The molecule has 0 aliphatic rings. The molecular formula is C52H94O6. The van der Waals surface area contributed by atoms with E-state index in [2.05, 4.69) is 57.2 Å². The molecule has 338 valence electrons. The summed E-state index contributed by atoms with van der Waals surface area (Å²) in [4.78, 5) is 37.9. The van der Waals surface area contributed by atoms with Crippen LogP contribution in [-0.4, -0.2) is 37.2 Å². The fourth-order valence-corrected chi connectivity index (χ4v) is 7.04. The highest BCUT2D eigenvalue weighted by molar-refractivity contribution is 5.71. The highest BCUT2D eigenvalue weighted by atomic mass is 16.6. The molecule has 0 spiro atoms. The van der Waals surface area contributed by atoms with E-state index < -0.39 is 6.10 Å². The summed E-state index contributed by atoms with van der Waals surface area (Å²) in [5.41, 5.74) is 0. The smallest absolute Gasteiger partial charge is 0.306 e. The number of hydrogen-bond donors (Lipinski definition) is 0. The topological polar surface area (TPSA) is 78.9 Å². The van der Waals surface area contributed by atoms with Crippen LogP contribution in [0.4, 0.5) is 0 Å². The Balaban J connectivity index is 4.37. The van der Waals surface area contributed by atoms with Crippen LogP contribution in [0.25, 0.3) is 0 Å². The van der Waals surface area contributed by atoms with Crippen LogP contribution in [0.15, 0.2) is 36.5 Å². The summed E-state index contributed by atoms with van der Waals surface area (Å²) in [7, 11) is 0. The SMILES string of the molecule is CCCC/C=C\CCCCCCCC(=O)OCC(COC(=O)CCCCCCC/C=C\C/C=C\CCCCC)OC(=O)CCCCCCCCCCCCCCCC. The Kier molecular flexibility index (Phi) is 45.4. The summed E-state index contributed by atoms with van der Waals surface area (Å²) in [6, 6.07) is 0. The first-order valence-corrected chi connectivity index (χ1v) is 25.0. The Bertz CT molecular complexity index is 984. The minimum Gasteiger partial charge on any atom is -0.462 e.